The molecule has 0 aliphatic heterocycles. The van der Waals surface area contributed by atoms with Gasteiger partial charge in [0.2, 0.25) is 0 Å². The predicted octanol–water partition coefficient (Wildman–Crippen LogP) is 3.84. The molecule has 0 aliphatic carbocycles. The molecule has 2 aromatic carbocycles. The highest BCUT2D eigenvalue weighted by Gasteiger charge is 2.18. The van der Waals surface area contributed by atoms with Crippen molar-refractivity contribution in [1.82, 2.24) is 20.6 Å². The molecule has 0 amide bonds. The van der Waals surface area contributed by atoms with Crippen molar-refractivity contribution in [3.05, 3.63) is 53.0 Å². The van der Waals surface area contributed by atoms with Gasteiger partial charge in [-0.1, -0.05) is 30.3 Å². The Morgan fingerprint density at radius 1 is 1.14 bits per heavy atom. The molecule has 0 bridgehead atoms. The molecule has 0 aliphatic rings. The van der Waals surface area contributed by atoms with Gasteiger partial charge in [0.1, 0.15) is 11.3 Å². The minimum absolute atomic E-state index is 0.601. The number of H-pyrrole nitrogens is 1. The number of rotatable bonds is 2. The van der Waals surface area contributed by atoms with Gasteiger partial charge in [-0.3, -0.25) is 0 Å². The zero-order valence-corrected chi connectivity index (χ0v) is 12.3. The molecule has 0 atom stereocenters. The summed E-state index contributed by atoms with van der Waals surface area (Å²) in [6, 6.07) is 16.5. The summed E-state index contributed by atoms with van der Waals surface area (Å²) in [4.78, 5) is 0. The fraction of sp³-hybridized carbons (Fsp3) is 0. The standard InChI is InChI=1S/C15H8BrN4O/c16-13-11-7-3-4-8-12(11)21-14(13)9-5-1-2-6-10(9)15-17-19-20-18-15/h1-2,4-8H,(H,17,18,19,20). The molecule has 0 spiro atoms. The first-order valence-corrected chi connectivity index (χ1v) is 7.05. The van der Waals surface area contributed by atoms with Crippen LogP contribution >= 0.6 is 15.9 Å². The predicted molar refractivity (Wildman–Crippen MR) is 81.4 cm³/mol. The Bertz CT molecular complexity index is 914. The topological polar surface area (TPSA) is 67.6 Å². The molecule has 4 rings (SSSR count). The molecular formula is C15H8BrN4O. The molecule has 4 aromatic rings. The summed E-state index contributed by atoms with van der Waals surface area (Å²) < 4.78 is 6.87. The van der Waals surface area contributed by atoms with E-state index >= 15 is 0 Å². The molecule has 0 unspecified atom stereocenters. The highest BCUT2D eigenvalue weighted by molar-refractivity contribution is 9.10. The van der Waals surface area contributed by atoms with Crippen LogP contribution in [0.25, 0.3) is 33.7 Å². The maximum absolute atomic E-state index is 5.97. The van der Waals surface area contributed by atoms with Crippen molar-refractivity contribution in [3.8, 4) is 22.7 Å². The van der Waals surface area contributed by atoms with Crippen LogP contribution in [-0.4, -0.2) is 20.6 Å². The van der Waals surface area contributed by atoms with Gasteiger partial charge in [0.15, 0.2) is 5.82 Å². The second-order valence-corrected chi connectivity index (χ2v) is 5.26. The Labute approximate surface area is 128 Å². The van der Waals surface area contributed by atoms with E-state index in [1.165, 1.54) is 0 Å². The van der Waals surface area contributed by atoms with Crippen molar-refractivity contribution in [1.29, 1.82) is 0 Å². The van der Waals surface area contributed by atoms with Crippen LogP contribution in [0.1, 0.15) is 0 Å². The van der Waals surface area contributed by atoms with E-state index in [2.05, 4.69) is 42.6 Å². The fourth-order valence-corrected chi connectivity index (χ4v) is 2.89. The monoisotopic (exact) mass is 339 g/mol. The molecule has 21 heavy (non-hydrogen) atoms. The van der Waals surface area contributed by atoms with Crippen LogP contribution in [0, 0.1) is 6.07 Å². The lowest BCUT2D eigenvalue weighted by molar-refractivity contribution is 0.630. The Kier molecular flexibility index (Phi) is 2.82. The molecule has 1 radical (unpaired) electrons. The van der Waals surface area contributed by atoms with Crippen molar-refractivity contribution >= 4 is 26.9 Å². The molecule has 2 heterocycles. The maximum atomic E-state index is 5.97. The Balaban J connectivity index is 2.00. The average Bonchev–Trinajstić information content (AvgIpc) is 3.16. The van der Waals surface area contributed by atoms with Gasteiger partial charge in [-0.15, -0.1) is 5.10 Å². The highest BCUT2D eigenvalue weighted by Crippen LogP contribution is 2.40. The minimum atomic E-state index is 0.601. The SMILES string of the molecule is Brc1c(-c2ccccc2-c2nnn[nH]2)oc2cc[c]cc12. The summed E-state index contributed by atoms with van der Waals surface area (Å²) in [7, 11) is 0. The van der Waals surface area contributed by atoms with Gasteiger partial charge in [0.05, 0.1) is 4.47 Å². The molecule has 5 nitrogen and oxygen atoms in total. The second kappa shape index (κ2) is 4.82. The molecule has 1 N–H and O–H groups in total. The van der Waals surface area contributed by atoms with Crippen LogP contribution in [-0.2, 0) is 0 Å². The Morgan fingerprint density at radius 3 is 2.76 bits per heavy atom. The lowest BCUT2D eigenvalue weighted by atomic mass is 10.0. The van der Waals surface area contributed by atoms with Crippen molar-refractivity contribution in [2.75, 3.05) is 0 Å². The third kappa shape index (κ3) is 1.95. The summed E-state index contributed by atoms with van der Waals surface area (Å²) in [5.74, 6) is 1.35. The van der Waals surface area contributed by atoms with Crippen molar-refractivity contribution in [2.24, 2.45) is 0 Å². The van der Waals surface area contributed by atoms with Gasteiger partial charge < -0.3 is 4.42 Å². The highest BCUT2D eigenvalue weighted by atomic mass is 79.9. The van der Waals surface area contributed by atoms with Crippen molar-refractivity contribution < 1.29 is 4.42 Å². The first-order valence-electron chi connectivity index (χ1n) is 6.26. The van der Waals surface area contributed by atoms with Gasteiger partial charge in [-0.25, -0.2) is 5.10 Å². The van der Waals surface area contributed by atoms with Gasteiger partial charge >= 0.3 is 0 Å². The van der Waals surface area contributed by atoms with E-state index < -0.39 is 0 Å². The number of hydrogen-bond donors (Lipinski definition) is 1. The number of hydrogen-bond acceptors (Lipinski definition) is 4. The van der Waals surface area contributed by atoms with Crippen LogP contribution < -0.4 is 0 Å². The third-order valence-electron chi connectivity index (χ3n) is 3.24. The number of tetrazole rings is 1. The van der Waals surface area contributed by atoms with Crippen molar-refractivity contribution in [3.63, 3.8) is 0 Å². The third-order valence-corrected chi connectivity index (χ3v) is 4.03. The van der Waals surface area contributed by atoms with Gasteiger partial charge in [-0.2, -0.15) is 0 Å². The van der Waals surface area contributed by atoms with Crippen LogP contribution in [0.5, 0.6) is 0 Å². The molecule has 2 aromatic heterocycles. The molecule has 101 valence electrons. The van der Waals surface area contributed by atoms with E-state index in [9.17, 15) is 0 Å². The number of aromatic nitrogens is 4. The Morgan fingerprint density at radius 2 is 2.00 bits per heavy atom. The molecular weight excluding hydrogens is 332 g/mol. The van der Waals surface area contributed by atoms with Gasteiger partial charge in [0, 0.05) is 16.5 Å². The van der Waals surface area contributed by atoms with Crippen LogP contribution in [0.3, 0.4) is 0 Å². The summed E-state index contributed by atoms with van der Waals surface area (Å²) >= 11 is 3.61. The van der Waals surface area contributed by atoms with E-state index in [4.69, 9.17) is 4.42 Å². The number of aromatic amines is 1. The summed E-state index contributed by atoms with van der Waals surface area (Å²) in [6.45, 7) is 0. The summed E-state index contributed by atoms with van der Waals surface area (Å²) in [6.07, 6.45) is 0. The zero-order chi connectivity index (χ0) is 14.2. The lowest BCUT2D eigenvalue weighted by Gasteiger charge is -2.04. The summed E-state index contributed by atoms with van der Waals surface area (Å²) in [5, 5.41) is 15.0. The maximum Gasteiger partial charge on any atom is 0.180 e. The lowest BCUT2D eigenvalue weighted by Crippen LogP contribution is -1.86. The number of halogens is 1. The van der Waals surface area contributed by atoms with Crippen LogP contribution in [0.2, 0.25) is 0 Å². The largest absolute Gasteiger partial charge is 0.455 e. The molecule has 0 saturated carbocycles. The second-order valence-electron chi connectivity index (χ2n) is 4.46. The summed E-state index contributed by atoms with van der Waals surface area (Å²) in [5.41, 5.74) is 2.60. The minimum Gasteiger partial charge on any atom is -0.455 e. The fourth-order valence-electron chi connectivity index (χ4n) is 2.29. The van der Waals surface area contributed by atoms with E-state index in [0.29, 0.717) is 5.82 Å². The van der Waals surface area contributed by atoms with E-state index in [1.807, 2.05) is 42.5 Å². The number of fused-ring (bicyclic) bond motifs is 1. The van der Waals surface area contributed by atoms with E-state index in [-0.39, 0.29) is 0 Å². The number of nitrogens with zero attached hydrogens (tertiary/aromatic N) is 3. The first kappa shape index (κ1) is 12.3. The van der Waals surface area contributed by atoms with Crippen LogP contribution in [0.4, 0.5) is 0 Å². The van der Waals surface area contributed by atoms with Crippen LogP contribution in [0.15, 0.2) is 51.4 Å². The van der Waals surface area contributed by atoms with Gasteiger partial charge in [0.25, 0.3) is 0 Å². The zero-order valence-electron chi connectivity index (χ0n) is 10.7. The molecule has 0 fully saturated rings. The van der Waals surface area contributed by atoms with Crippen molar-refractivity contribution in [2.45, 2.75) is 0 Å². The van der Waals surface area contributed by atoms with E-state index in [0.717, 1.165) is 32.3 Å². The Hall–Kier alpha value is -2.47. The number of furan rings is 1. The quantitative estimate of drug-likeness (QED) is 0.602. The van der Waals surface area contributed by atoms with E-state index in [1.54, 1.807) is 0 Å². The first-order chi connectivity index (χ1) is 10.3. The average molecular weight is 340 g/mol. The molecule has 0 saturated heterocycles. The normalized spacial score (nSPS) is 11.1. The number of benzene rings is 2. The number of nitrogens with one attached hydrogen (secondary N) is 1. The smallest absolute Gasteiger partial charge is 0.180 e. The van der Waals surface area contributed by atoms with Gasteiger partial charge in [-0.05, 0) is 44.6 Å². The molecule has 6 heteroatoms.